The highest BCUT2D eigenvalue weighted by Gasteiger charge is 2.39. The fourth-order valence-electron chi connectivity index (χ4n) is 3.05. The SMILES string of the molecule is COc1cc(C(F)(F)F)cc(C(F)(F)F)c1CCCN1CCN(C)CC1. The van der Waals surface area contributed by atoms with Gasteiger partial charge in [0.2, 0.25) is 0 Å². The molecule has 1 saturated heterocycles. The molecule has 1 aliphatic rings. The maximum Gasteiger partial charge on any atom is 0.416 e. The predicted octanol–water partition coefficient (Wildman–Crippen LogP) is 3.91. The smallest absolute Gasteiger partial charge is 0.416 e. The quantitative estimate of drug-likeness (QED) is 0.716. The summed E-state index contributed by atoms with van der Waals surface area (Å²) in [6.07, 6.45) is -9.33. The van der Waals surface area contributed by atoms with Crippen molar-refractivity contribution in [3.63, 3.8) is 0 Å². The Morgan fingerprint density at radius 2 is 1.58 bits per heavy atom. The number of ether oxygens (including phenoxy) is 1. The highest BCUT2D eigenvalue weighted by atomic mass is 19.4. The van der Waals surface area contributed by atoms with Gasteiger partial charge in [-0.05, 0) is 38.6 Å². The minimum atomic E-state index is -4.88. The van der Waals surface area contributed by atoms with Crippen molar-refractivity contribution >= 4 is 0 Å². The van der Waals surface area contributed by atoms with Gasteiger partial charge in [0.25, 0.3) is 0 Å². The van der Waals surface area contributed by atoms with Gasteiger partial charge in [0.1, 0.15) is 5.75 Å². The molecule has 0 atom stereocenters. The molecule has 0 aromatic heterocycles. The minimum absolute atomic E-state index is 0.00247. The summed E-state index contributed by atoms with van der Waals surface area (Å²) in [5.74, 6) is -0.370. The molecule has 0 amide bonds. The molecule has 1 aliphatic heterocycles. The Hall–Kier alpha value is -1.48. The van der Waals surface area contributed by atoms with Gasteiger partial charge in [0, 0.05) is 31.7 Å². The van der Waals surface area contributed by atoms with Crippen LogP contribution in [0, 0.1) is 0 Å². The van der Waals surface area contributed by atoms with Gasteiger partial charge in [-0.15, -0.1) is 0 Å². The first-order valence-electron chi connectivity index (χ1n) is 8.28. The van der Waals surface area contributed by atoms with Gasteiger partial charge in [-0.1, -0.05) is 0 Å². The van der Waals surface area contributed by atoms with E-state index in [1.165, 1.54) is 0 Å². The number of nitrogens with zero attached hydrogens (tertiary/aromatic N) is 2. The molecule has 2 rings (SSSR count). The van der Waals surface area contributed by atoms with E-state index >= 15 is 0 Å². The van der Waals surface area contributed by atoms with Crippen molar-refractivity contribution in [3.05, 3.63) is 28.8 Å². The molecular formula is C17H22F6N2O. The molecule has 0 spiro atoms. The molecule has 26 heavy (non-hydrogen) atoms. The molecule has 9 heteroatoms. The molecule has 148 valence electrons. The van der Waals surface area contributed by atoms with Crippen LogP contribution < -0.4 is 4.74 Å². The van der Waals surface area contributed by atoms with Gasteiger partial charge in [-0.25, -0.2) is 0 Å². The lowest BCUT2D eigenvalue weighted by Gasteiger charge is -2.32. The third kappa shape index (κ3) is 5.26. The molecule has 0 N–H and O–H groups in total. The number of hydrogen-bond donors (Lipinski definition) is 0. The zero-order valence-electron chi connectivity index (χ0n) is 14.7. The van der Waals surface area contributed by atoms with Crippen LogP contribution in [0.25, 0.3) is 0 Å². The third-order valence-electron chi connectivity index (χ3n) is 4.56. The van der Waals surface area contributed by atoms with E-state index in [1.807, 2.05) is 7.05 Å². The topological polar surface area (TPSA) is 15.7 Å². The Labute approximate surface area is 148 Å². The number of methoxy groups -OCH3 is 1. The van der Waals surface area contributed by atoms with Crippen molar-refractivity contribution in [3.8, 4) is 5.75 Å². The summed E-state index contributed by atoms with van der Waals surface area (Å²) in [6, 6.07) is 0.814. The van der Waals surface area contributed by atoms with Gasteiger partial charge in [0.05, 0.1) is 18.2 Å². The van der Waals surface area contributed by atoms with Gasteiger partial charge in [-0.2, -0.15) is 26.3 Å². The number of piperazine rings is 1. The standard InChI is InChI=1S/C17H22F6N2O/c1-24-6-8-25(9-7-24)5-3-4-13-14(17(21,22)23)10-12(16(18,19)20)11-15(13)26-2/h10-11H,3-9H2,1-2H3. The highest BCUT2D eigenvalue weighted by molar-refractivity contribution is 5.46. The van der Waals surface area contributed by atoms with Crippen molar-refractivity contribution in [2.75, 3.05) is 46.9 Å². The molecule has 0 radical (unpaired) electrons. The lowest BCUT2D eigenvalue weighted by molar-refractivity contribution is -0.143. The summed E-state index contributed by atoms with van der Waals surface area (Å²) in [7, 11) is 3.08. The summed E-state index contributed by atoms with van der Waals surface area (Å²) in [4.78, 5) is 4.31. The maximum atomic E-state index is 13.3. The van der Waals surface area contributed by atoms with Crippen molar-refractivity contribution in [1.29, 1.82) is 0 Å². The predicted molar refractivity (Wildman–Crippen MR) is 85.3 cm³/mol. The van der Waals surface area contributed by atoms with Gasteiger partial charge in [0.15, 0.2) is 0 Å². The molecule has 3 nitrogen and oxygen atoms in total. The third-order valence-corrected chi connectivity index (χ3v) is 4.56. The van der Waals surface area contributed by atoms with Crippen molar-refractivity contribution in [2.24, 2.45) is 0 Å². The van der Waals surface area contributed by atoms with Gasteiger partial charge >= 0.3 is 12.4 Å². The van der Waals surface area contributed by atoms with E-state index in [0.717, 1.165) is 33.3 Å². The first-order valence-corrected chi connectivity index (χ1v) is 8.28. The van der Waals surface area contributed by atoms with Gasteiger partial charge in [-0.3, -0.25) is 0 Å². The summed E-state index contributed by atoms with van der Waals surface area (Å²) in [5, 5.41) is 0. The second kappa shape index (κ2) is 8.04. The second-order valence-corrected chi connectivity index (χ2v) is 6.45. The van der Waals surface area contributed by atoms with Crippen LogP contribution in [-0.4, -0.2) is 56.7 Å². The molecule has 0 unspecified atom stereocenters. The summed E-state index contributed by atoms with van der Waals surface area (Å²) < 4.78 is 83.5. The Morgan fingerprint density at radius 1 is 0.962 bits per heavy atom. The van der Waals surface area contributed by atoms with E-state index in [1.54, 1.807) is 0 Å². The Balaban J connectivity index is 2.20. The fraction of sp³-hybridized carbons (Fsp3) is 0.647. The van der Waals surface area contributed by atoms with E-state index in [-0.39, 0.29) is 23.8 Å². The Bertz CT molecular complexity index is 606. The average Bonchev–Trinajstić information content (AvgIpc) is 2.54. The van der Waals surface area contributed by atoms with Crippen LogP contribution >= 0.6 is 0 Å². The van der Waals surface area contributed by atoms with Crippen LogP contribution in [0.15, 0.2) is 12.1 Å². The first kappa shape index (κ1) is 20.8. The second-order valence-electron chi connectivity index (χ2n) is 6.45. The van der Waals surface area contributed by atoms with Crippen LogP contribution in [-0.2, 0) is 18.8 Å². The fourth-order valence-corrected chi connectivity index (χ4v) is 3.05. The van der Waals surface area contributed by atoms with Crippen molar-refractivity contribution < 1.29 is 31.1 Å². The Kier molecular flexibility index (Phi) is 6.44. The normalized spacial score (nSPS) is 17.5. The molecule has 1 fully saturated rings. The average molecular weight is 384 g/mol. The monoisotopic (exact) mass is 384 g/mol. The maximum absolute atomic E-state index is 13.3. The number of halogens is 6. The molecule has 1 aromatic carbocycles. The van der Waals surface area contributed by atoms with E-state index in [9.17, 15) is 26.3 Å². The van der Waals surface area contributed by atoms with E-state index in [0.29, 0.717) is 19.0 Å². The van der Waals surface area contributed by atoms with Crippen LogP contribution in [0.5, 0.6) is 5.75 Å². The molecule has 0 saturated carbocycles. The lowest BCUT2D eigenvalue weighted by Crippen LogP contribution is -2.44. The number of hydrogen-bond acceptors (Lipinski definition) is 3. The Morgan fingerprint density at radius 3 is 2.08 bits per heavy atom. The molecule has 0 bridgehead atoms. The number of rotatable bonds is 5. The summed E-state index contributed by atoms with van der Waals surface area (Å²) >= 11 is 0. The first-order chi connectivity index (χ1) is 12.0. The minimum Gasteiger partial charge on any atom is -0.496 e. The van der Waals surface area contributed by atoms with Crippen LogP contribution in [0.4, 0.5) is 26.3 Å². The molecule has 0 aliphatic carbocycles. The number of alkyl halides is 6. The number of benzene rings is 1. The van der Waals surface area contributed by atoms with Gasteiger partial charge < -0.3 is 14.5 Å². The zero-order valence-corrected chi connectivity index (χ0v) is 14.7. The van der Waals surface area contributed by atoms with Crippen LogP contribution in [0.3, 0.4) is 0 Å². The van der Waals surface area contributed by atoms with Crippen LogP contribution in [0.2, 0.25) is 0 Å². The highest BCUT2D eigenvalue weighted by Crippen LogP contribution is 2.41. The molecule has 1 heterocycles. The largest absolute Gasteiger partial charge is 0.496 e. The van der Waals surface area contributed by atoms with E-state index < -0.39 is 23.5 Å². The lowest BCUT2D eigenvalue weighted by atomic mass is 9.97. The number of likely N-dealkylation sites (N-methyl/N-ethyl adjacent to an activating group) is 1. The van der Waals surface area contributed by atoms with Crippen molar-refractivity contribution in [1.82, 2.24) is 9.80 Å². The van der Waals surface area contributed by atoms with Crippen molar-refractivity contribution in [2.45, 2.75) is 25.2 Å². The molecule has 1 aromatic rings. The summed E-state index contributed by atoms with van der Waals surface area (Å²) in [6.45, 7) is 4.02. The van der Waals surface area contributed by atoms with E-state index in [4.69, 9.17) is 4.74 Å². The summed E-state index contributed by atoms with van der Waals surface area (Å²) in [5.41, 5.74) is -2.85. The zero-order chi connectivity index (χ0) is 19.5. The molecular weight excluding hydrogens is 362 g/mol. The van der Waals surface area contributed by atoms with E-state index in [2.05, 4.69) is 9.80 Å². The van der Waals surface area contributed by atoms with Crippen LogP contribution in [0.1, 0.15) is 23.1 Å².